The zero-order valence-corrected chi connectivity index (χ0v) is 17.3. The molecule has 0 spiro atoms. The third-order valence-electron chi connectivity index (χ3n) is 6.16. The molecule has 1 unspecified atom stereocenters. The van der Waals surface area contributed by atoms with Crippen LogP contribution in [0.3, 0.4) is 0 Å². The number of likely N-dealkylation sites (tertiary alicyclic amines) is 1. The average Bonchev–Trinajstić information content (AvgIpc) is 3.18. The van der Waals surface area contributed by atoms with Crippen LogP contribution in [0.2, 0.25) is 0 Å². The predicted octanol–water partition coefficient (Wildman–Crippen LogP) is 5.12. The summed E-state index contributed by atoms with van der Waals surface area (Å²) in [5, 5.41) is 9.75. The van der Waals surface area contributed by atoms with Gasteiger partial charge in [0.25, 0.3) is 0 Å². The standard InChI is InChI=1S/C23H28BrN2O/c1-17(27)25-15-12-18(13-16-25)21-5-2-3-6-22(21)23-7-4-14-26(23)20-10-8-19(24)9-11-20/h2-3,5-6,8-11,17-18,23,27H,1,4,7,12-16H2/t17-,23?/m1/s1. The minimum Gasteiger partial charge on any atom is -0.378 e. The van der Waals surface area contributed by atoms with Gasteiger partial charge in [0.2, 0.25) is 0 Å². The van der Waals surface area contributed by atoms with Crippen LogP contribution in [0.15, 0.2) is 53.0 Å². The summed E-state index contributed by atoms with van der Waals surface area (Å²) in [5.74, 6) is 0.573. The van der Waals surface area contributed by atoms with Crippen molar-refractivity contribution in [2.45, 2.75) is 43.9 Å². The molecule has 2 fully saturated rings. The van der Waals surface area contributed by atoms with Crippen LogP contribution in [0.4, 0.5) is 5.69 Å². The molecule has 27 heavy (non-hydrogen) atoms. The average molecular weight is 428 g/mol. The van der Waals surface area contributed by atoms with Gasteiger partial charge in [0.05, 0.1) is 6.04 Å². The maximum Gasteiger partial charge on any atom is 0.107 e. The molecular formula is C23H28BrN2O. The van der Waals surface area contributed by atoms with Crippen molar-refractivity contribution in [2.24, 2.45) is 0 Å². The summed E-state index contributed by atoms with van der Waals surface area (Å²) in [4.78, 5) is 4.64. The summed E-state index contributed by atoms with van der Waals surface area (Å²) in [6.45, 7) is 6.72. The first-order chi connectivity index (χ1) is 13.1. The largest absolute Gasteiger partial charge is 0.378 e. The van der Waals surface area contributed by atoms with Gasteiger partial charge in [-0.05, 0) is 73.9 Å². The minimum absolute atomic E-state index is 0.457. The Hall–Kier alpha value is -1.36. The van der Waals surface area contributed by atoms with Gasteiger partial charge < -0.3 is 10.0 Å². The number of hydrogen-bond acceptors (Lipinski definition) is 3. The van der Waals surface area contributed by atoms with Crippen molar-refractivity contribution in [3.8, 4) is 0 Å². The molecule has 0 bridgehead atoms. The Morgan fingerprint density at radius 1 is 0.926 bits per heavy atom. The Labute approximate surface area is 171 Å². The molecule has 4 heteroatoms. The van der Waals surface area contributed by atoms with Gasteiger partial charge in [-0.2, -0.15) is 0 Å². The Morgan fingerprint density at radius 3 is 2.26 bits per heavy atom. The van der Waals surface area contributed by atoms with Crippen molar-refractivity contribution in [1.29, 1.82) is 0 Å². The molecule has 0 aromatic heterocycles. The van der Waals surface area contributed by atoms with Crippen LogP contribution in [-0.2, 0) is 0 Å². The van der Waals surface area contributed by atoms with Gasteiger partial charge in [-0.15, -0.1) is 0 Å². The van der Waals surface area contributed by atoms with E-state index in [0.29, 0.717) is 12.0 Å². The van der Waals surface area contributed by atoms with Crippen molar-refractivity contribution in [3.05, 3.63) is 71.1 Å². The lowest BCUT2D eigenvalue weighted by molar-refractivity contribution is 0.0220. The van der Waals surface area contributed by atoms with E-state index in [0.717, 1.165) is 36.9 Å². The molecule has 2 heterocycles. The highest BCUT2D eigenvalue weighted by Gasteiger charge is 2.31. The quantitative estimate of drug-likeness (QED) is 0.732. The molecule has 3 nitrogen and oxygen atoms in total. The summed E-state index contributed by atoms with van der Waals surface area (Å²) < 4.78 is 1.13. The van der Waals surface area contributed by atoms with Gasteiger partial charge in [-0.25, -0.2) is 0 Å². The Balaban J connectivity index is 1.58. The number of rotatable bonds is 4. The van der Waals surface area contributed by atoms with E-state index in [1.54, 1.807) is 0 Å². The van der Waals surface area contributed by atoms with Crippen LogP contribution in [0.1, 0.15) is 48.8 Å². The van der Waals surface area contributed by atoms with Gasteiger partial charge in [-0.3, -0.25) is 4.90 Å². The third-order valence-corrected chi connectivity index (χ3v) is 6.69. The van der Waals surface area contributed by atoms with E-state index in [4.69, 9.17) is 0 Å². The van der Waals surface area contributed by atoms with Gasteiger partial charge in [0, 0.05) is 29.8 Å². The van der Waals surface area contributed by atoms with E-state index >= 15 is 0 Å². The van der Waals surface area contributed by atoms with E-state index in [1.165, 1.54) is 29.7 Å². The second kappa shape index (κ2) is 8.34. The maximum atomic E-state index is 9.75. The number of hydrogen-bond donors (Lipinski definition) is 1. The van der Waals surface area contributed by atoms with Crippen LogP contribution in [0.25, 0.3) is 0 Å². The van der Waals surface area contributed by atoms with Crippen molar-refractivity contribution in [3.63, 3.8) is 0 Å². The van der Waals surface area contributed by atoms with Crippen molar-refractivity contribution >= 4 is 21.6 Å². The molecule has 1 N–H and O–H groups in total. The fourth-order valence-corrected chi connectivity index (χ4v) is 4.99. The number of aliphatic hydroxyl groups is 1. The molecule has 2 atom stereocenters. The molecule has 0 saturated carbocycles. The summed E-state index contributed by atoms with van der Waals surface area (Å²) in [7, 11) is 0. The highest BCUT2D eigenvalue weighted by Crippen LogP contribution is 2.41. The fourth-order valence-electron chi connectivity index (χ4n) is 4.73. The highest BCUT2D eigenvalue weighted by atomic mass is 79.9. The van der Waals surface area contributed by atoms with E-state index in [2.05, 4.69) is 81.2 Å². The second-order valence-corrected chi connectivity index (χ2v) is 8.66. The SMILES string of the molecule is [CH2][C@@H](O)N1CCC(c2ccccc2C2CCCN2c2ccc(Br)cc2)CC1. The number of halogens is 1. The lowest BCUT2D eigenvalue weighted by Crippen LogP contribution is -2.39. The smallest absolute Gasteiger partial charge is 0.107 e. The molecule has 143 valence electrons. The first-order valence-corrected chi connectivity index (χ1v) is 10.8. The summed E-state index contributed by atoms with van der Waals surface area (Å²) >= 11 is 3.55. The van der Waals surface area contributed by atoms with Crippen molar-refractivity contribution < 1.29 is 5.11 Å². The first-order valence-electron chi connectivity index (χ1n) is 9.99. The predicted molar refractivity (Wildman–Crippen MR) is 115 cm³/mol. The van der Waals surface area contributed by atoms with E-state index in [-0.39, 0.29) is 0 Å². The molecule has 4 rings (SSSR count). The molecule has 2 aromatic carbocycles. The third kappa shape index (κ3) is 4.08. The second-order valence-electron chi connectivity index (χ2n) is 7.75. The number of piperidine rings is 1. The molecule has 0 amide bonds. The van der Waals surface area contributed by atoms with Gasteiger partial charge in [0.1, 0.15) is 6.23 Å². The fraction of sp³-hybridized carbons (Fsp3) is 0.435. The Morgan fingerprint density at radius 2 is 1.59 bits per heavy atom. The minimum atomic E-state index is -0.580. The zero-order valence-electron chi connectivity index (χ0n) is 15.7. The van der Waals surface area contributed by atoms with Crippen LogP contribution in [-0.4, -0.2) is 35.9 Å². The maximum absolute atomic E-state index is 9.75. The molecule has 2 aliphatic heterocycles. The van der Waals surface area contributed by atoms with Crippen LogP contribution >= 0.6 is 15.9 Å². The van der Waals surface area contributed by atoms with Gasteiger partial charge in [-0.1, -0.05) is 40.2 Å². The molecule has 1 radical (unpaired) electrons. The molecule has 2 aromatic rings. The number of benzene rings is 2. The highest BCUT2D eigenvalue weighted by molar-refractivity contribution is 9.10. The van der Waals surface area contributed by atoms with Crippen LogP contribution in [0, 0.1) is 6.92 Å². The zero-order chi connectivity index (χ0) is 18.8. The topological polar surface area (TPSA) is 26.7 Å². The lowest BCUT2D eigenvalue weighted by atomic mass is 9.84. The van der Waals surface area contributed by atoms with Gasteiger partial charge in [0.15, 0.2) is 0 Å². The van der Waals surface area contributed by atoms with Gasteiger partial charge >= 0.3 is 0 Å². The molecular weight excluding hydrogens is 400 g/mol. The number of aliphatic hydroxyl groups excluding tert-OH is 1. The van der Waals surface area contributed by atoms with E-state index in [9.17, 15) is 5.11 Å². The van der Waals surface area contributed by atoms with Crippen LogP contribution in [0.5, 0.6) is 0 Å². The summed E-state index contributed by atoms with van der Waals surface area (Å²) in [6.07, 6.45) is 4.05. The first kappa shape index (κ1) is 19.0. The van der Waals surface area contributed by atoms with Crippen molar-refractivity contribution in [1.82, 2.24) is 4.90 Å². The van der Waals surface area contributed by atoms with Crippen molar-refractivity contribution in [2.75, 3.05) is 24.5 Å². The summed E-state index contributed by atoms with van der Waals surface area (Å²) in [6, 6.07) is 18.2. The van der Waals surface area contributed by atoms with E-state index < -0.39 is 6.23 Å². The Kier molecular flexibility index (Phi) is 5.86. The number of anilines is 1. The Bertz CT molecular complexity index is 753. The molecule has 2 aliphatic rings. The monoisotopic (exact) mass is 427 g/mol. The van der Waals surface area contributed by atoms with Crippen LogP contribution < -0.4 is 4.90 Å². The number of nitrogens with zero attached hydrogens (tertiary/aromatic N) is 2. The normalized spacial score (nSPS) is 22.9. The molecule has 0 aliphatic carbocycles. The molecule has 2 saturated heterocycles. The van der Waals surface area contributed by atoms with E-state index in [1.807, 2.05) is 0 Å². The summed E-state index contributed by atoms with van der Waals surface area (Å²) in [5.41, 5.74) is 4.31. The lowest BCUT2D eigenvalue weighted by Gasteiger charge is -2.36.